The van der Waals surface area contributed by atoms with Crippen LogP contribution < -0.4 is 0 Å². The van der Waals surface area contributed by atoms with Gasteiger partial charge in [0.2, 0.25) is 0 Å². The van der Waals surface area contributed by atoms with E-state index in [1.807, 2.05) is 24.3 Å². The molecule has 0 amide bonds. The first-order valence-electron chi connectivity index (χ1n) is 6.17. The van der Waals surface area contributed by atoms with E-state index in [0.717, 1.165) is 24.0 Å². The summed E-state index contributed by atoms with van der Waals surface area (Å²) < 4.78 is 0. The standard InChI is InChI=1S/C15H18O2/c1-2-11-7-9-13(10-8-11)14(15(16)17)12-5-3-4-6-12/h2,7-10,12,14H,1,3-6H2,(H,16,17). The molecule has 0 bridgehead atoms. The second kappa shape index (κ2) is 5.17. The van der Waals surface area contributed by atoms with Crippen LogP contribution in [0, 0.1) is 5.92 Å². The lowest BCUT2D eigenvalue weighted by Gasteiger charge is -2.19. The van der Waals surface area contributed by atoms with Crippen molar-refractivity contribution in [2.75, 3.05) is 0 Å². The Kier molecular flexibility index (Phi) is 3.62. The zero-order valence-electron chi connectivity index (χ0n) is 9.93. The molecule has 1 aromatic carbocycles. The summed E-state index contributed by atoms with van der Waals surface area (Å²) in [5.74, 6) is -0.721. The SMILES string of the molecule is C=Cc1ccc(C(C(=O)O)C2CCCC2)cc1. The summed E-state index contributed by atoms with van der Waals surface area (Å²) in [6.45, 7) is 3.70. The second-order valence-electron chi connectivity index (χ2n) is 4.73. The lowest BCUT2D eigenvalue weighted by Crippen LogP contribution is -2.19. The summed E-state index contributed by atoms with van der Waals surface area (Å²) in [5.41, 5.74) is 1.96. The van der Waals surface area contributed by atoms with Crippen LogP contribution in [0.4, 0.5) is 0 Å². The summed E-state index contributed by atoms with van der Waals surface area (Å²) in [7, 11) is 0. The smallest absolute Gasteiger partial charge is 0.311 e. The Morgan fingerprint density at radius 2 is 1.88 bits per heavy atom. The van der Waals surface area contributed by atoms with E-state index >= 15 is 0 Å². The molecule has 0 saturated heterocycles. The van der Waals surface area contributed by atoms with Crippen molar-refractivity contribution in [1.29, 1.82) is 0 Å². The topological polar surface area (TPSA) is 37.3 Å². The van der Waals surface area contributed by atoms with Gasteiger partial charge in [0.15, 0.2) is 0 Å². The van der Waals surface area contributed by atoms with Gasteiger partial charge in [0.25, 0.3) is 0 Å². The van der Waals surface area contributed by atoms with Crippen LogP contribution in [-0.2, 0) is 4.79 Å². The number of rotatable bonds is 4. The fraction of sp³-hybridized carbons (Fsp3) is 0.400. The highest BCUT2D eigenvalue weighted by molar-refractivity contribution is 5.76. The van der Waals surface area contributed by atoms with E-state index in [9.17, 15) is 9.90 Å². The van der Waals surface area contributed by atoms with Crippen molar-refractivity contribution in [2.24, 2.45) is 5.92 Å². The molecule has 0 heterocycles. The summed E-state index contributed by atoms with van der Waals surface area (Å²) in [6, 6.07) is 7.72. The Bertz CT molecular complexity index is 399. The minimum Gasteiger partial charge on any atom is -0.481 e. The zero-order valence-corrected chi connectivity index (χ0v) is 9.93. The highest BCUT2D eigenvalue weighted by atomic mass is 16.4. The summed E-state index contributed by atoms with van der Waals surface area (Å²) in [5, 5.41) is 9.39. The Balaban J connectivity index is 2.25. The molecule has 1 saturated carbocycles. The fourth-order valence-corrected chi connectivity index (χ4v) is 2.75. The second-order valence-corrected chi connectivity index (χ2v) is 4.73. The van der Waals surface area contributed by atoms with Gasteiger partial charge < -0.3 is 5.11 Å². The molecule has 17 heavy (non-hydrogen) atoms. The number of benzene rings is 1. The van der Waals surface area contributed by atoms with Gasteiger partial charge in [-0.15, -0.1) is 0 Å². The van der Waals surface area contributed by atoms with E-state index in [-0.39, 0.29) is 5.92 Å². The molecule has 1 aliphatic carbocycles. The molecule has 1 atom stereocenters. The third kappa shape index (κ3) is 2.57. The van der Waals surface area contributed by atoms with E-state index in [0.29, 0.717) is 5.92 Å². The molecule has 2 rings (SSSR count). The Labute approximate surface area is 102 Å². The lowest BCUT2D eigenvalue weighted by atomic mass is 9.84. The first kappa shape index (κ1) is 11.9. The van der Waals surface area contributed by atoms with Gasteiger partial charge in [-0.2, -0.15) is 0 Å². The summed E-state index contributed by atoms with van der Waals surface area (Å²) >= 11 is 0. The number of carboxylic acid groups (broad SMARTS) is 1. The van der Waals surface area contributed by atoms with Crippen molar-refractivity contribution < 1.29 is 9.90 Å². The van der Waals surface area contributed by atoms with Crippen molar-refractivity contribution in [2.45, 2.75) is 31.6 Å². The number of carboxylic acids is 1. The third-order valence-electron chi connectivity index (χ3n) is 3.67. The Hall–Kier alpha value is -1.57. The average Bonchev–Trinajstić information content (AvgIpc) is 2.83. The van der Waals surface area contributed by atoms with Crippen LogP contribution in [0.1, 0.15) is 42.7 Å². The molecule has 0 aromatic heterocycles. The summed E-state index contributed by atoms with van der Waals surface area (Å²) in [4.78, 5) is 11.4. The minimum absolute atomic E-state index is 0.307. The molecule has 2 nitrogen and oxygen atoms in total. The molecule has 1 fully saturated rings. The minimum atomic E-state index is -0.691. The van der Waals surface area contributed by atoms with Crippen LogP contribution in [0.2, 0.25) is 0 Å². The van der Waals surface area contributed by atoms with Gasteiger partial charge in [-0.05, 0) is 29.9 Å². The number of carbonyl (C=O) groups is 1. The predicted octanol–water partition coefficient (Wildman–Crippen LogP) is 3.69. The molecule has 1 unspecified atom stereocenters. The van der Waals surface area contributed by atoms with Crippen LogP contribution >= 0.6 is 0 Å². The van der Waals surface area contributed by atoms with Crippen LogP contribution in [0.25, 0.3) is 6.08 Å². The molecular weight excluding hydrogens is 212 g/mol. The molecule has 1 aromatic rings. The zero-order chi connectivity index (χ0) is 12.3. The normalized spacial score (nSPS) is 17.9. The predicted molar refractivity (Wildman–Crippen MR) is 68.9 cm³/mol. The summed E-state index contributed by atoms with van der Waals surface area (Å²) in [6.07, 6.45) is 6.19. The maximum atomic E-state index is 11.4. The molecule has 0 spiro atoms. The molecule has 1 N–H and O–H groups in total. The fourth-order valence-electron chi connectivity index (χ4n) is 2.75. The van der Waals surface area contributed by atoms with Crippen molar-refractivity contribution in [3.63, 3.8) is 0 Å². The van der Waals surface area contributed by atoms with Gasteiger partial charge in [-0.3, -0.25) is 4.79 Å². The van der Waals surface area contributed by atoms with Crippen LogP contribution in [-0.4, -0.2) is 11.1 Å². The number of hydrogen-bond acceptors (Lipinski definition) is 1. The first-order valence-corrected chi connectivity index (χ1v) is 6.17. The van der Waals surface area contributed by atoms with Gasteiger partial charge in [0.05, 0.1) is 5.92 Å². The lowest BCUT2D eigenvalue weighted by molar-refractivity contribution is -0.140. The van der Waals surface area contributed by atoms with Gasteiger partial charge in [-0.1, -0.05) is 49.8 Å². The van der Waals surface area contributed by atoms with Gasteiger partial charge >= 0.3 is 5.97 Å². The maximum absolute atomic E-state index is 11.4. The van der Waals surface area contributed by atoms with Crippen LogP contribution in [0.5, 0.6) is 0 Å². The van der Waals surface area contributed by atoms with Gasteiger partial charge in [0, 0.05) is 0 Å². The van der Waals surface area contributed by atoms with Crippen LogP contribution in [0.15, 0.2) is 30.8 Å². The van der Waals surface area contributed by atoms with E-state index in [1.54, 1.807) is 6.08 Å². The molecule has 1 aliphatic rings. The molecule has 0 aliphatic heterocycles. The molecule has 2 heteroatoms. The largest absolute Gasteiger partial charge is 0.481 e. The third-order valence-corrected chi connectivity index (χ3v) is 3.67. The Morgan fingerprint density at radius 3 is 2.35 bits per heavy atom. The number of aliphatic carboxylic acids is 1. The van der Waals surface area contributed by atoms with Crippen molar-refractivity contribution in [1.82, 2.24) is 0 Å². The Morgan fingerprint density at radius 1 is 1.29 bits per heavy atom. The van der Waals surface area contributed by atoms with Crippen molar-refractivity contribution >= 4 is 12.0 Å². The van der Waals surface area contributed by atoms with E-state index < -0.39 is 5.97 Å². The monoisotopic (exact) mass is 230 g/mol. The highest BCUT2D eigenvalue weighted by Gasteiger charge is 2.31. The van der Waals surface area contributed by atoms with E-state index in [2.05, 4.69) is 6.58 Å². The van der Waals surface area contributed by atoms with Gasteiger partial charge in [-0.25, -0.2) is 0 Å². The maximum Gasteiger partial charge on any atom is 0.311 e. The van der Waals surface area contributed by atoms with E-state index in [1.165, 1.54) is 12.8 Å². The molecule has 0 radical (unpaired) electrons. The van der Waals surface area contributed by atoms with Gasteiger partial charge in [0.1, 0.15) is 0 Å². The highest BCUT2D eigenvalue weighted by Crippen LogP contribution is 2.37. The molecular formula is C15H18O2. The number of hydrogen-bond donors (Lipinski definition) is 1. The van der Waals surface area contributed by atoms with Crippen molar-refractivity contribution in [3.8, 4) is 0 Å². The van der Waals surface area contributed by atoms with E-state index in [4.69, 9.17) is 0 Å². The quantitative estimate of drug-likeness (QED) is 0.856. The first-order chi connectivity index (χ1) is 8.22. The average molecular weight is 230 g/mol. The van der Waals surface area contributed by atoms with Crippen molar-refractivity contribution in [3.05, 3.63) is 42.0 Å². The van der Waals surface area contributed by atoms with Crippen LogP contribution in [0.3, 0.4) is 0 Å². The molecule has 90 valence electrons.